The number of anilines is 2. The molecule has 0 saturated heterocycles. The standard InChI is InChI=1S/C10H9N7O/c18-10(13-7-5-11-12-6-7)15-9-14-8-3-1-2-4-17(8)16-9/h1-6H,(H,11,12)(H2,13,15,16,18). The van der Waals surface area contributed by atoms with Crippen molar-refractivity contribution in [3.8, 4) is 0 Å². The number of amides is 2. The van der Waals surface area contributed by atoms with E-state index in [9.17, 15) is 4.79 Å². The van der Waals surface area contributed by atoms with Crippen LogP contribution in [0.1, 0.15) is 0 Å². The number of pyridine rings is 1. The molecule has 0 spiro atoms. The van der Waals surface area contributed by atoms with E-state index in [1.807, 2.05) is 12.1 Å². The largest absolute Gasteiger partial charge is 0.326 e. The monoisotopic (exact) mass is 243 g/mol. The summed E-state index contributed by atoms with van der Waals surface area (Å²) in [5.74, 6) is 0.238. The fourth-order valence-corrected chi connectivity index (χ4v) is 1.47. The van der Waals surface area contributed by atoms with E-state index in [0.717, 1.165) is 0 Å². The summed E-state index contributed by atoms with van der Waals surface area (Å²) in [7, 11) is 0. The zero-order chi connectivity index (χ0) is 12.4. The van der Waals surface area contributed by atoms with Gasteiger partial charge in [0.15, 0.2) is 5.65 Å². The molecular formula is C10H9N7O. The van der Waals surface area contributed by atoms with Crippen LogP contribution in [0.25, 0.3) is 5.65 Å². The molecule has 0 bridgehead atoms. The molecule has 0 aromatic carbocycles. The first-order valence-electron chi connectivity index (χ1n) is 5.19. The molecule has 3 heterocycles. The zero-order valence-corrected chi connectivity index (χ0v) is 9.16. The number of carbonyl (C=O) groups is 1. The molecule has 90 valence electrons. The maximum absolute atomic E-state index is 11.6. The van der Waals surface area contributed by atoms with Crippen LogP contribution in [-0.4, -0.2) is 30.8 Å². The van der Waals surface area contributed by atoms with Gasteiger partial charge in [-0.3, -0.25) is 10.4 Å². The number of H-pyrrole nitrogens is 1. The van der Waals surface area contributed by atoms with Crippen molar-refractivity contribution in [3.05, 3.63) is 36.8 Å². The molecule has 8 heteroatoms. The molecule has 8 nitrogen and oxygen atoms in total. The molecule has 0 fully saturated rings. The number of nitrogens with one attached hydrogen (secondary N) is 3. The zero-order valence-electron chi connectivity index (χ0n) is 9.16. The minimum atomic E-state index is -0.424. The fraction of sp³-hybridized carbons (Fsp3) is 0. The number of nitrogens with zero attached hydrogens (tertiary/aromatic N) is 4. The molecular weight excluding hydrogens is 234 g/mol. The van der Waals surface area contributed by atoms with Gasteiger partial charge in [0.25, 0.3) is 5.95 Å². The predicted molar refractivity (Wildman–Crippen MR) is 64.2 cm³/mol. The van der Waals surface area contributed by atoms with Crippen LogP contribution in [-0.2, 0) is 0 Å². The van der Waals surface area contributed by atoms with Crippen LogP contribution in [0.4, 0.5) is 16.4 Å². The quantitative estimate of drug-likeness (QED) is 0.627. The second-order valence-electron chi connectivity index (χ2n) is 3.50. The maximum Gasteiger partial charge on any atom is 0.326 e. The van der Waals surface area contributed by atoms with Gasteiger partial charge in [0.05, 0.1) is 11.9 Å². The summed E-state index contributed by atoms with van der Waals surface area (Å²) in [5.41, 5.74) is 1.23. The second kappa shape index (κ2) is 4.17. The number of urea groups is 1. The lowest BCUT2D eigenvalue weighted by atomic mass is 10.5. The normalized spacial score (nSPS) is 10.4. The summed E-state index contributed by atoms with van der Waals surface area (Å²) >= 11 is 0. The van der Waals surface area contributed by atoms with E-state index >= 15 is 0 Å². The number of carbonyl (C=O) groups excluding carboxylic acids is 1. The van der Waals surface area contributed by atoms with Gasteiger partial charge in [0, 0.05) is 12.4 Å². The first-order valence-corrected chi connectivity index (χ1v) is 5.19. The van der Waals surface area contributed by atoms with Gasteiger partial charge in [-0.15, -0.1) is 5.10 Å². The van der Waals surface area contributed by atoms with Crippen molar-refractivity contribution in [2.24, 2.45) is 0 Å². The number of hydrogen-bond acceptors (Lipinski definition) is 4. The molecule has 3 N–H and O–H groups in total. The van der Waals surface area contributed by atoms with E-state index in [1.54, 1.807) is 23.0 Å². The average Bonchev–Trinajstić information content (AvgIpc) is 2.96. The van der Waals surface area contributed by atoms with Crippen LogP contribution >= 0.6 is 0 Å². The highest BCUT2D eigenvalue weighted by atomic mass is 16.2. The van der Waals surface area contributed by atoms with Gasteiger partial charge in [0.1, 0.15) is 0 Å². The minimum Gasteiger partial charge on any atom is -0.305 e. The predicted octanol–water partition coefficient (Wildman–Crippen LogP) is 1.10. The molecule has 2 amide bonds. The fourth-order valence-electron chi connectivity index (χ4n) is 1.47. The topological polar surface area (TPSA) is 100 Å². The number of aromatic nitrogens is 5. The van der Waals surface area contributed by atoms with E-state index in [-0.39, 0.29) is 5.95 Å². The van der Waals surface area contributed by atoms with Crippen LogP contribution < -0.4 is 10.6 Å². The number of hydrogen-bond donors (Lipinski definition) is 3. The smallest absolute Gasteiger partial charge is 0.305 e. The summed E-state index contributed by atoms with van der Waals surface area (Å²) in [6.45, 7) is 0. The van der Waals surface area contributed by atoms with Crippen molar-refractivity contribution in [2.45, 2.75) is 0 Å². The Morgan fingerprint density at radius 2 is 2.28 bits per heavy atom. The molecule has 0 aliphatic carbocycles. The molecule has 3 aromatic rings. The lowest BCUT2D eigenvalue weighted by molar-refractivity contribution is 0.262. The number of rotatable bonds is 2. The van der Waals surface area contributed by atoms with Gasteiger partial charge in [-0.1, -0.05) is 6.07 Å². The van der Waals surface area contributed by atoms with Gasteiger partial charge in [0.2, 0.25) is 0 Å². The highest BCUT2D eigenvalue weighted by Crippen LogP contribution is 2.06. The van der Waals surface area contributed by atoms with E-state index in [4.69, 9.17) is 0 Å². The van der Waals surface area contributed by atoms with Crippen molar-refractivity contribution in [1.82, 2.24) is 24.8 Å². The second-order valence-corrected chi connectivity index (χ2v) is 3.50. The lowest BCUT2D eigenvalue weighted by Crippen LogP contribution is -2.19. The van der Waals surface area contributed by atoms with Crippen LogP contribution in [0.5, 0.6) is 0 Å². The Bertz CT molecular complexity index is 639. The molecule has 18 heavy (non-hydrogen) atoms. The summed E-state index contributed by atoms with van der Waals surface area (Å²) in [6, 6.07) is 5.05. The van der Waals surface area contributed by atoms with Crippen LogP contribution in [0.15, 0.2) is 36.8 Å². The van der Waals surface area contributed by atoms with E-state index < -0.39 is 6.03 Å². The maximum atomic E-state index is 11.6. The van der Waals surface area contributed by atoms with Gasteiger partial charge in [-0.05, 0) is 12.1 Å². The van der Waals surface area contributed by atoms with Gasteiger partial charge in [-0.25, -0.2) is 9.31 Å². The van der Waals surface area contributed by atoms with Crippen LogP contribution in [0, 0.1) is 0 Å². The highest BCUT2D eigenvalue weighted by molar-refractivity contribution is 5.98. The number of fused-ring (bicyclic) bond motifs is 1. The lowest BCUT2D eigenvalue weighted by Gasteiger charge is -2.00. The van der Waals surface area contributed by atoms with Crippen molar-refractivity contribution in [2.75, 3.05) is 10.6 Å². The third-order valence-corrected chi connectivity index (χ3v) is 2.22. The third kappa shape index (κ3) is 1.98. The summed E-state index contributed by atoms with van der Waals surface area (Å²) < 4.78 is 1.58. The van der Waals surface area contributed by atoms with Gasteiger partial charge >= 0.3 is 6.03 Å². The van der Waals surface area contributed by atoms with E-state index in [1.165, 1.54) is 6.20 Å². The van der Waals surface area contributed by atoms with Crippen LogP contribution in [0.3, 0.4) is 0 Å². The summed E-state index contributed by atoms with van der Waals surface area (Å²) in [5, 5.41) is 15.5. The van der Waals surface area contributed by atoms with E-state index in [0.29, 0.717) is 11.3 Å². The minimum absolute atomic E-state index is 0.238. The average molecular weight is 243 g/mol. The summed E-state index contributed by atoms with van der Waals surface area (Å²) in [4.78, 5) is 15.7. The van der Waals surface area contributed by atoms with Crippen molar-refractivity contribution in [1.29, 1.82) is 0 Å². The molecule has 0 atom stereocenters. The van der Waals surface area contributed by atoms with Gasteiger partial charge in [-0.2, -0.15) is 10.1 Å². The molecule has 0 saturated carbocycles. The van der Waals surface area contributed by atoms with Crippen LogP contribution in [0.2, 0.25) is 0 Å². The van der Waals surface area contributed by atoms with E-state index in [2.05, 4.69) is 30.9 Å². The Morgan fingerprint density at radius 3 is 3.06 bits per heavy atom. The molecule has 0 aliphatic heterocycles. The van der Waals surface area contributed by atoms with Crippen molar-refractivity contribution >= 4 is 23.3 Å². The SMILES string of the molecule is O=C(Nc1cn[nH]c1)Nc1nc2ccccn2n1. The first kappa shape index (κ1) is 10.3. The number of aromatic amines is 1. The molecule has 3 rings (SSSR count). The first-order chi connectivity index (χ1) is 8.81. The Kier molecular flexibility index (Phi) is 2.38. The Labute approximate surface area is 101 Å². The Balaban J connectivity index is 1.74. The van der Waals surface area contributed by atoms with Crippen molar-refractivity contribution < 1.29 is 4.79 Å². The van der Waals surface area contributed by atoms with Crippen molar-refractivity contribution in [3.63, 3.8) is 0 Å². The Hall–Kier alpha value is -2.90. The highest BCUT2D eigenvalue weighted by Gasteiger charge is 2.07. The third-order valence-electron chi connectivity index (χ3n) is 2.22. The Morgan fingerprint density at radius 1 is 1.33 bits per heavy atom. The molecule has 0 unspecified atom stereocenters. The summed E-state index contributed by atoms with van der Waals surface area (Å²) in [6.07, 6.45) is 4.81. The molecule has 3 aromatic heterocycles. The molecule has 0 radical (unpaired) electrons. The molecule has 0 aliphatic rings. The van der Waals surface area contributed by atoms with Gasteiger partial charge < -0.3 is 5.32 Å².